The lowest BCUT2D eigenvalue weighted by Gasteiger charge is -2.45. The predicted molar refractivity (Wildman–Crippen MR) is 180 cm³/mol. The summed E-state index contributed by atoms with van der Waals surface area (Å²) in [6, 6.07) is 11.1. The Hall–Kier alpha value is -2.37. The van der Waals surface area contributed by atoms with E-state index in [0.29, 0.717) is 49.4 Å². The highest BCUT2D eigenvalue weighted by Crippen LogP contribution is 2.42. The first-order valence-corrected chi connectivity index (χ1v) is 18.9. The van der Waals surface area contributed by atoms with Gasteiger partial charge in [-0.05, 0) is 111 Å². The van der Waals surface area contributed by atoms with Crippen molar-refractivity contribution in [2.45, 2.75) is 82.8 Å². The Kier molecular flexibility index (Phi) is 10.5. The maximum absolute atomic E-state index is 13.6. The Labute approximate surface area is 278 Å². The largest absolute Gasteiger partial charge is 0.487 e. The van der Waals surface area contributed by atoms with Crippen molar-refractivity contribution in [1.82, 2.24) is 9.62 Å². The maximum Gasteiger partial charge on any atom is 0.264 e. The van der Waals surface area contributed by atoms with Gasteiger partial charge in [0.25, 0.3) is 5.91 Å². The van der Waals surface area contributed by atoms with Gasteiger partial charge in [0.2, 0.25) is 10.0 Å². The monoisotopic (exact) mass is 673 g/mol. The van der Waals surface area contributed by atoms with E-state index in [-0.39, 0.29) is 23.4 Å². The van der Waals surface area contributed by atoms with Gasteiger partial charge in [-0.1, -0.05) is 24.6 Å². The number of morpholine rings is 1. The minimum atomic E-state index is -3.97. The summed E-state index contributed by atoms with van der Waals surface area (Å²) in [5.41, 5.74) is 3.31. The lowest BCUT2D eigenvalue weighted by Crippen LogP contribution is -2.50. The van der Waals surface area contributed by atoms with Crippen LogP contribution in [0.5, 0.6) is 5.75 Å². The Morgan fingerprint density at radius 1 is 0.978 bits per heavy atom. The van der Waals surface area contributed by atoms with Gasteiger partial charge in [0.1, 0.15) is 12.4 Å². The molecule has 0 radical (unpaired) electrons. The van der Waals surface area contributed by atoms with Crippen molar-refractivity contribution < 1.29 is 27.8 Å². The fourth-order valence-electron chi connectivity index (χ4n) is 7.69. The molecule has 2 aromatic rings. The van der Waals surface area contributed by atoms with E-state index in [9.17, 15) is 18.3 Å². The Morgan fingerprint density at radius 3 is 2.54 bits per heavy atom. The second kappa shape index (κ2) is 14.4. The fourth-order valence-corrected chi connectivity index (χ4v) is 9.17. The summed E-state index contributed by atoms with van der Waals surface area (Å²) < 4.78 is 41.6. The summed E-state index contributed by atoms with van der Waals surface area (Å²) in [4.78, 5) is 18.2. The number of carbonyl (C=O) groups is 1. The fraction of sp³-hybridized carbons (Fsp3) is 0.629. The second-order valence-electron chi connectivity index (χ2n) is 13.8. The number of benzene rings is 2. The molecule has 0 spiro atoms. The molecule has 9 nitrogen and oxygen atoms in total. The number of hydrogen-bond donors (Lipinski definition) is 2. The van der Waals surface area contributed by atoms with Crippen molar-refractivity contribution in [2.75, 3.05) is 44.3 Å². The van der Waals surface area contributed by atoms with Crippen LogP contribution in [0, 0.1) is 17.8 Å². The van der Waals surface area contributed by atoms with Crippen LogP contribution in [-0.2, 0) is 27.8 Å². The van der Waals surface area contributed by atoms with Crippen molar-refractivity contribution in [3.05, 3.63) is 58.1 Å². The number of anilines is 1. The highest BCUT2D eigenvalue weighted by molar-refractivity contribution is 7.90. The number of nitrogens with one attached hydrogen (secondary N) is 1. The van der Waals surface area contributed by atoms with E-state index in [2.05, 4.69) is 14.5 Å². The van der Waals surface area contributed by atoms with E-state index in [4.69, 9.17) is 21.1 Å². The third-order valence-corrected chi connectivity index (χ3v) is 13.1. The van der Waals surface area contributed by atoms with Gasteiger partial charge in [-0.3, -0.25) is 9.69 Å². The summed E-state index contributed by atoms with van der Waals surface area (Å²) in [5.74, 6) is 0.244. The van der Waals surface area contributed by atoms with Crippen molar-refractivity contribution >= 4 is 33.2 Å². The molecule has 2 bridgehead atoms. The zero-order valence-corrected chi connectivity index (χ0v) is 28.6. The van der Waals surface area contributed by atoms with Crippen LogP contribution in [-0.4, -0.2) is 81.1 Å². The van der Waals surface area contributed by atoms with E-state index in [1.807, 2.05) is 25.1 Å². The second-order valence-corrected chi connectivity index (χ2v) is 16.3. The molecule has 1 amide bonds. The molecule has 0 unspecified atom stereocenters. The van der Waals surface area contributed by atoms with Crippen LogP contribution >= 0.6 is 11.6 Å². The highest BCUT2D eigenvalue weighted by atomic mass is 35.5. The molecule has 11 heteroatoms. The molecule has 252 valence electrons. The van der Waals surface area contributed by atoms with Gasteiger partial charge in [0.15, 0.2) is 0 Å². The minimum Gasteiger partial charge on any atom is -0.487 e. The third-order valence-electron chi connectivity index (χ3n) is 10.9. The molecular weight excluding hydrogens is 626 g/mol. The van der Waals surface area contributed by atoms with Crippen molar-refractivity contribution in [3.63, 3.8) is 0 Å². The number of hydrogen-bond acceptors (Lipinski definition) is 8. The van der Waals surface area contributed by atoms with E-state index in [1.54, 1.807) is 25.1 Å². The molecule has 1 saturated heterocycles. The third kappa shape index (κ3) is 7.51. The number of aryl methyl sites for hydroxylation is 1. The summed E-state index contributed by atoms with van der Waals surface area (Å²) in [6.45, 7) is 8.23. The lowest BCUT2D eigenvalue weighted by atomic mass is 9.68. The van der Waals surface area contributed by atoms with Gasteiger partial charge in [0, 0.05) is 42.8 Å². The molecule has 0 aromatic heterocycles. The molecular formula is C35H48ClN3O6S. The van der Waals surface area contributed by atoms with Crippen LogP contribution in [0.1, 0.15) is 73.9 Å². The van der Waals surface area contributed by atoms with Gasteiger partial charge in [0.05, 0.1) is 30.3 Å². The maximum atomic E-state index is 13.6. The normalized spacial score (nSPS) is 31.2. The molecule has 3 heterocycles. The van der Waals surface area contributed by atoms with E-state index in [1.165, 1.54) is 5.56 Å². The number of aliphatic hydroxyl groups is 1. The number of sulfonamides is 1. The summed E-state index contributed by atoms with van der Waals surface area (Å²) >= 11 is 6.34. The number of aliphatic hydroxyl groups excluding tert-OH is 1. The van der Waals surface area contributed by atoms with Gasteiger partial charge < -0.3 is 19.5 Å². The molecule has 2 fully saturated rings. The van der Waals surface area contributed by atoms with Gasteiger partial charge in [-0.15, -0.1) is 0 Å². The van der Waals surface area contributed by atoms with Gasteiger partial charge >= 0.3 is 0 Å². The van der Waals surface area contributed by atoms with Crippen LogP contribution in [0.25, 0.3) is 0 Å². The first-order valence-electron chi connectivity index (χ1n) is 16.9. The molecule has 1 saturated carbocycles. The quantitative estimate of drug-likeness (QED) is 0.434. The summed E-state index contributed by atoms with van der Waals surface area (Å²) in [7, 11) is -3.97. The number of fused-ring (bicyclic) bond motifs is 3. The van der Waals surface area contributed by atoms with Crippen LogP contribution in [0.2, 0.25) is 5.02 Å². The zero-order chi connectivity index (χ0) is 32.4. The molecule has 2 aromatic carbocycles. The molecule has 6 atom stereocenters. The average Bonchev–Trinajstić information content (AvgIpc) is 3.05. The molecule has 46 heavy (non-hydrogen) atoms. The van der Waals surface area contributed by atoms with Crippen molar-refractivity contribution in [1.29, 1.82) is 0 Å². The average molecular weight is 674 g/mol. The van der Waals surface area contributed by atoms with Crippen LogP contribution < -0.4 is 14.4 Å². The predicted octanol–water partition coefficient (Wildman–Crippen LogP) is 5.03. The highest BCUT2D eigenvalue weighted by Gasteiger charge is 2.40. The number of amides is 1. The van der Waals surface area contributed by atoms with E-state index in [0.717, 1.165) is 69.5 Å². The summed E-state index contributed by atoms with van der Waals surface area (Å²) in [5, 5.41) is 11.6. The molecule has 3 aliphatic heterocycles. The number of nitrogens with zero attached hydrogens (tertiary/aromatic N) is 2. The Balaban J connectivity index is 1.35. The SMILES string of the molecule is C[C@@H]1[C@@H](C)C[C@@H](N2CCOCC2)C[C@H](O)[C@@H]2CC[C@H]2CN2CCCCc3cc(Cl)ccc3COc3ccc(cc32)C(=O)NS1(=O)=O. The topological polar surface area (TPSA) is 108 Å². The number of carbonyl (C=O) groups excluding carboxylic acids is 1. The smallest absolute Gasteiger partial charge is 0.264 e. The first kappa shape index (κ1) is 33.5. The Bertz CT molecular complexity index is 1500. The summed E-state index contributed by atoms with van der Waals surface area (Å²) in [6.07, 6.45) is 5.50. The molecule has 6 rings (SSSR count). The van der Waals surface area contributed by atoms with Crippen LogP contribution in [0.3, 0.4) is 0 Å². The zero-order valence-electron chi connectivity index (χ0n) is 27.0. The molecule has 1 aliphatic carbocycles. The van der Waals surface area contributed by atoms with Crippen molar-refractivity contribution in [2.24, 2.45) is 17.8 Å². The van der Waals surface area contributed by atoms with Gasteiger partial charge in [-0.2, -0.15) is 0 Å². The number of ether oxygens (including phenoxy) is 2. The van der Waals surface area contributed by atoms with Crippen LogP contribution in [0.4, 0.5) is 5.69 Å². The van der Waals surface area contributed by atoms with E-state index >= 15 is 0 Å². The van der Waals surface area contributed by atoms with Gasteiger partial charge in [-0.25, -0.2) is 13.1 Å². The molecule has 4 aliphatic rings. The van der Waals surface area contributed by atoms with E-state index < -0.39 is 27.3 Å². The lowest BCUT2D eigenvalue weighted by molar-refractivity contribution is -0.0323. The molecule has 2 N–H and O–H groups in total. The standard InChI is InChI=1S/C35H48ClN3O6S/c1-23-17-30(38-13-15-44-16-14-38)20-33(40)31-10-7-27(31)21-39-12-4-3-5-25-18-29(36)9-6-28(25)22-45-34-11-8-26(19-32(34)39)35(41)37-46(42,43)24(23)2/h6,8-9,11,18-19,23-24,27,30-31,33,40H,3-5,7,10,12-17,20-22H2,1-2H3,(H,37,41)/t23-,24+,27-,30+,31+,33-/m0/s1. The van der Waals surface area contributed by atoms with Crippen LogP contribution in [0.15, 0.2) is 36.4 Å². The Morgan fingerprint density at radius 2 is 1.78 bits per heavy atom. The number of halogens is 1. The number of rotatable bonds is 1. The van der Waals surface area contributed by atoms with Crippen molar-refractivity contribution in [3.8, 4) is 5.75 Å². The minimum absolute atomic E-state index is 0.0250. The first-order chi connectivity index (χ1) is 22.1.